The number of nitrogens with zero attached hydrogens (tertiary/aromatic N) is 2. The summed E-state index contributed by atoms with van der Waals surface area (Å²) in [5, 5.41) is 12.7. The zero-order valence-electron chi connectivity index (χ0n) is 14.1. The van der Waals surface area contributed by atoms with Crippen LogP contribution in [0.5, 0.6) is 0 Å². The Bertz CT molecular complexity index is 487. The third-order valence-electron chi connectivity index (χ3n) is 4.00. The second-order valence-corrected chi connectivity index (χ2v) is 6.20. The number of amides is 2. The highest BCUT2D eigenvalue weighted by atomic mass is 16.5. The number of rotatable bonds is 4. The number of carbonyl (C=O) groups excluding carboxylic acids is 1. The largest absolute Gasteiger partial charge is 0.373 e. The maximum absolute atomic E-state index is 12.0. The molecule has 1 aliphatic rings. The Morgan fingerprint density at radius 1 is 1.41 bits per heavy atom. The molecule has 0 radical (unpaired) electrons. The lowest BCUT2D eigenvalue weighted by molar-refractivity contribution is -0.0777. The Morgan fingerprint density at radius 2 is 2.05 bits per heavy atom. The van der Waals surface area contributed by atoms with Crippen LogP contribution in [0, 0.1) is 13.8 Å². The Balaban J connectivity index is 1.80. The van der Waals surface area contributed by atoms with Crippen LogP contribution in [-0.4, -0.2) is 59.0 Å². The fraction of sp³-hybridized carbons (Fsp3) is 0.733. The van der Waals surface area contributed by atoms with Crippen molar-refractivity contribution in [2.45, 2.75) is 52.9 Å². The summed E-state index contributed by atoms with van der Waals surface area (Å²) in [6, 6.07) is 0.0694. The summed E-state index contributed by atoms with van der Waals surface area (Å²) in [6.07, 6.45) is 0.465. The fourth-order valence-corrected chi connectivity index (χ4v) is 2.84. The van der Waals surface area contributed by atoms with Crippen LogP contribution in [0.15, 0.2) is 0 Å². The molecule has 0 unspecified atom stereocenters. The number of morpholine rings is 1. The molecule has 2 heterocycles. The molecule has 22 heavy (non-hydrogen) atoms. The lowest BCUT2D eigenvalue weighted by Gasteiger charge is -2.38. The van der Waals surface area contributed by atoms with Crippen LogP contribution in [0.3, 0.4) is 0 Å². The van der Waals surface area contributed by atoms with Crippen molar-refractivity contribution in [3.8, 4) is 0 Å². The molecule has 0 spiro atoms. The molecule has 0 aromatic carbocycles. The van der Waals surface area contributed by atoms with Gasteiger partial charge in [-0.1, -0.05) is 0 Å². The van der Waals surface area contributed by atoms with Gasteiger partial charge >= 0.3 is 6.03 Å². The fourth-order valence-electron chi connectivity index (χ4n) is 2.84. The summed E-state index contributed by atoms with van der Waals surface area (Å²) < 4.78 is 5.74. The molecule has 1 aromatic rings. The van der Waals surface area contributed by atoms with Crippen molar-refractivity contribution >= 4 is 11.7 Å². The minimum atomic E-state index is -0.200. The normalized spacial score (nSPS) is 24.0. The molecular formula is C15H27N5O2. The summed E-state index contributed by atoms with van der Waals surface area (Å²) in [5.74, 6) is 0. The van der Waals surface area contributed by atoms with Gasteiger partial charge in [0.25, 0.3) is 0 Å². The van der Waals surface area contributed by atoms with Crippen LogP contribution in [0.2, 0.25) is 0 Å². The number of carbonyl (C=O) groups is 1. The molecule has 0 saturated carbocycles. The Morgan fingerprint density at radius 3 is 2.59 bits per heavy atom. The van der Waals surface area contributed by atoms with Crippen molar-refractivity contribution in [1.29, 1.82) is 0 Å². The van der Waals surface area contributed by atoms with Gasteiger partial charge in [0.05, 0.1) is 29.3 Å². The number of anilines is 1. The monoisotopic (exact) mass is 309 g/mol. The number of H-pyrrole nitrogens is 1. The van der Waals surface area contributed by atoms with E-state index in [0.717, 1.165) is 30.2 Å². The number of hydrogen-bond acceptors (Lipinski definition) is 4. The van der Waals surface area contributed by atoms with Crippen molar-refractivity contribution < 1.29 is 9.53 Å². The molecular weight excluding hydrogens is 282 g/mol. The van der Waals surface area contributed by atoms with Gasteiger partial charge in [0.15, 0.2) is 0 Å². The van der Waals surface area contributed by atoms with Crippen LogP contribution in [0.1, 0.15) is 32.2 Å². The number of nitrogens with one attached hydrogen (secondary N) is 3. The van der Waals surface area contributed by atoms with Crippen LogP contribution in [0.4, 0.5) is 10.5 Å². The summed E-state index contributed by atoms with van der Waals surface area (Å²) in [7, 11) is 0. The number of aromatic nitrogens is 2. The average molecular weight is 309 g/mol. The summed E-state index contributed by atoms with van der Waals surface area (Å²) in [4.78, 5) is 14.4. The van der Waals surface area contributed by atoms with Gasteiger partial charge in [-0.25, -0.2) is 4.79 Å². The highest BCUT2D eigenvalue weighted by Crippen LogP contribution is 2.16. The van der Waals surface area contributed by atoms with Crippen molar-refractivity contribution in [3.05, 3.63) is 11.4 Å². The van der Waals surface area contributed by atoms with Gasteiger partial charge in [-0.3, -0.25) is 10.00 Å². The van der Waals surface area contributed by atoms with E-state index in [1.165, 1.54) is 0 Å². The summed E-state index contributed by atoms with van der Waals surface area (Å²) in [5.41, 5.74) is 2.40. The second kappa shape index (κ2) is 7.11. The SMILES string of the molecule is Cc1n[nH]c(C)c1NC(=O)NC[C@H](C)N1C[C@@H](C)O[C@@H](C)C1. The van der Waals surface area contributed by atoms with E-state index in [4.69, 9.17) is 4.74 Å². The van der Waals surface area contributed by atoms with Gasteiger partial charge in [-0.2, -0.15) is 5.10 Å². The molecule has 7 heteroatoms. The predicted molar refractivity (Wildman–Crippen MR) is 86.1 cm³/mol. The van der Waals surface area contributed by atoms with Gasteiger partial charge in [0.1, 0.15) is 0 Å². The van der Waals surface area contributed by atoms with Gasteiger partial charge in [-0.05, 0) is 34.6 Å². The zero-order chi connectivity index (χ0) is 16.3. The molecule has 1 aliphatic heterocycles. The van der Waals surface area contributed by atoms with E-state index < -0.39 is 0 Å². The van der Waals surface area contributed by atoms with Crippen molar-refractivity contribution in [2.24, 2.45) is 0 Å². The first-order valence-electron chi connectivity index (χ1n) is 7.82. The molecule has 1 aromatic heterocycles. The van der Waals surface area contributed by atoms with E-state index in [2.05, 4.69) is 46.5 Å². The summed E-state index contributed by atoms with van der Waals surface area (Å²) >= 11 is 0. The molecule has 0 bridgehead atoms. The molecule has 3 atom stereocenters. The predicted octanol–water partition coefficient (Wildman–Crippen LogP) is 1.65. The quantitative estimate of drug-likeness (QED) is 0.790. The third-order valence-corrected chi connectivity index (χ3v) is 4.00. The molecule has 7 nitrogen and oxygen atoms in total. The second-order valence-electron chi connectivity index (χ2n) is 6.20. The highest BCUT2D eigenvalue weighted by molar-refractivity contribution is 5.90. The van der Waals surface area contributed by atoms with E-state index in [-0.39, 0.29) is 24.3 Å². The molecule has 0 aliphatic carbocycles. The minimum Gasteiger partial charge on any atom is -0.373 e. The van der Waals surface area contributed by atoms with Crippen molar-refractivity contribution in [2.75, 3.05) is 25.0 Å². The van der Waals surface area contributed by atoms with Crippen LogP contribution >= 0.6 is 0 Å². The van der Waals surface area contributed by atoms with Gasteiger partial charge < -0.3 is 15.4 Å². The van der Waals surface area contributed by atoms with E-state index >= 15 is 0 Å². The Kier molecular flexibility index (Phi) is 5.42. The lowest BCUT2D eigenvalue weighted by atomic mass is 10.2. The Hall–Kier alpha value is -1.60. The summed E-state index contributed by atoms with van der Waals surface area (Å²) in [6.45, 7) is 12.4. The molecule has 2 amide bonds. The van der Waals surface area contributed by atoms with Crippen LogP contribution in [0.25, 0.3) is 0 Å². The van der Waals surface area contributed by atoms with E-state index in [0.29, 0.717) is 6.54 Å². The smallest absolute Gasteiger partial charge is 0.319 e. The van der Waals surface area contributed by atoms with Crippen LogP contribution in [-0.2, 0) is 4.74 Å². The molecule has 1 saturated heterocycles. The standard InChI is InChI=1S/C15H27N5O2/c1-9(20-7-10(2)22-11(3)8-20)6-16-15(21)17-14-12(4)18-19-13(14)5/h9-11H,6-8H2,1-5H3,(H,18,19)(H2,16,17,21)/t9-,10-,11+/m0/s1. The number of aromatic amines is 1. The first-order chi connectivity index (χ1) is 10.4. The number of hydrogen-bond donors (Lipinski definition) is 3. The van der Waals surface area contributed by atoms with Crippen molar-refractivity contribution in [1.82, 2.24) is 20.4 Å². The number of aryl methyl sites for hydroxylation is 2. The topological polar surface area (TPSA) is 82.3 Å². The first-order valence-corrected chi connectivity index (χ1v) is 7.82. The maximum Gasteiger partial charge on any atom is 0.319 e. The van der Waals surface area contributed by atoms with Gasteiger partial charge in [-0.15, -0.1) is 0 Å². The Labute approximate surface area is 131 Å². The lowest BCUT2D eigenvalue weighted by Crippen LogP contribution is -2.52. The van der Waals surface area contributed by atoms with E-state index in [1.54, 1.807) is 0 Å². The van der Waals surface area contributed by atoms with Gasteiger partial charge in [0.2, 0.25) is 0 Å². The average Bonchev–Trinajstić information content (AvgIpc) is 2.75. The number of urea groups is 1. The first kappa shape index (κ1) is 16.8. The molecule has 2 rings (SSSR count). The van der Waals surface area contributed by atoms with E-state index in [9.17, 15) is 4.79 Å². The van der Waals surface area contributed by atoms with E-state index in [1.807, 2.05) is 13.8 Å². The number of ether oxygens (including phenoxy) is 1. The minimum absolute atomic E-state index is 0.200. The third kappa shape index (κ3) is 4.20. The zero-order valence-corrected chi connectivity index (χ0v) is 14.1. The molecule has 3 N–H and O–H groups in total. The molecule has 124 valence electrons. The highest BCUT2D eigenvalue weighted by Gasteiger charge is 2.25. The molecule has 1 fully saturated rings. The van der Waals surface area contributed by atoms with Crippen LogP contribution < -0.4 is 10.6 Å². The maximum atomic E-state index is 12.0. The van der Waals surface area contributed by atoms with Crippen molar-refractivity contribution in [3.63, 3.8) is 0 Å². The van der Waals surface area contributed by atoms with Gasteiger partial charge in [0, 0.05) is 25.7 Å².